The van der Waals surface area contributed by atoms with Gasteiger partial charge in [-0.2, -0.15) is 0 Å². The highest BCUT2D eigenvalue weighted by Crippen LogP contribution is 2.35. The van der Waals surface area contributed by atoms with E-state index < -0.39 is 6.03 Å². The summed E-state index contributed by atoms with van der Waals surface area (Å²) in [6.07, 6.45) is 3.06. The second kappa shape index (κ2) is 12.3. The maximum atomic E-state index is 13.5. The van der Waals surface area contributed by atoms with E-state index in [1.54, 1.807) is 36.4 Å². The van der Waals surface area contributed by atoms with Gasteiger partial charge in [-0.1, -0.05) is 18.9 Å². The quantitative estimate of drug-likeness (QED) is 0.465. The third-order valence-electron chi connectivity index (χ3n) is 7.44. The molecule has 2 aromatic rings. The second-order valence-corrected chi connectivity index (χ2v) is 10.1. The normalized spacial score (nSPS) is 19.7. The lowest BCUT2D eigenvalue weighted by molar-refractivity contribution is -0.142. The Hall–Kier alpha value is -4.28. The zero-order chi connectivity index (χ0) is 28.1. The Morgan fingerprint density at radius 3 is 2.58 bits per heavy atom. The second-order valence-electron chi connectivity index (χ2n) is 10.1. The molecule has 0 aromatic heterocycles. The van der Waals surface area contributed by atoms with Crippen molar-refractivity contribution in [2.45, 2.75) is 51.6 Å². The lowest BCUT2D eigenvalue weighted by atomic mass is 9.81. The molecule has 2 aliphatic heterocycles. The number of carbonyl (C=O) groups is 4. The van der Waals surface area contributed by atoms with Crippen LogP contribution in [0.2, 0.25) is 0 Å². The molecule has 2 unspecified atom stereocenters. The summed E-state index contributed by atoms with van der Waals surface area (Å²) < 4.78 is 16.1. The fourth-order valence-electron chi connectivity index (χ4n) is 5.46. The van der Waals surface area contributed by atoms with Gasteiger partial charge in [-0.15, -0.1) is 0 Å². The maximum Gasteiger partial charge on any atom is 0.327 e. The van der Waals surface area contributed by atoms with Gasteiger partial charge < -0.3 is 29.7 Å². The Labute approximate surface area is 232 Å². The fourth-order valence-corrected chi connectivity index (χ4v) is 5.46. The van der Waals surface area contributed by atoms with Gasteiger partial charge in [-0.05, 0) is 61.7 Å². The van der Waals surface area contributed by atoms with E-state index in [9.17, 15) is 19.2 Å². The van der Waals surface area contributed by atoms with Crippen molar-refractivity contribution < 1.29 is 33.4 Å². The Balaban J connectivity index is 1.19. The summed E-state index contributed by atoms with van der Waals surface area (Å²) in [6, 6.07) is 11.6. The summed E-state index contributed by atoms with van der Waals surface area (Å²) in [6.45, 7) is 2.66. The van der Waals surface area contributed by atoms with Crippen LogP contribution in [0.15, 0.2) is 42.5 Å². The average molecular weight is 551 g/mol. The molecule has 212 valence electrons. The largest absolute Gasteiger partial charge is 0.494 e. The number of nitrogens with zero attached hydrogens (tertiary/aromatic N) is 2. The number of carbonyl (C=O) groups excluding carboxylic acids is 4. The van der Waals surface area contributed by atoms with Gasteiger partial charge in [0.2, 0.25) is 24.5 Å². The molecule has 5 amide bonds. The number of imide groups is 1. The van der Waals surface area contributed by atoms with E-state index in [1.807, 2.05) is 13.0 Å². The van der Waals surface area contributed by atoms with Crippen molar-refractivity contribution in [1.82, 2.24) is 15.1 Å². The number of fused-ring (bicyclic) bond motifs is 2. The summed E-state index contributed by atoms with van der Waals surface area (Å²) in [5, 5.41) is 5.65. The highest BCUT2D eigenvalue weighted by Gasteiger charge is 2.47. The van der Waals surface area contributed by atoms with Crippen LogP contribution >= 0.6 is 0 Å². The standard InChI is InChI=1S/C29H34N4O7/c1-2-38-21-10-8-20(9-11-21)31-27(35)17-33-23-6-4-3-5-22(23)28(36)32(29(33)37)14-13-26(34)30-16-19-7-12-24-25(15-19)40-18-39-24/h7-12,15,22-23H,2-6,13-14,16-18H2,1H3,(H,30,34)(H,31,35). The van der Waals surface area contributed by atoms with E-state index in [1.165, 1.54) is 4.90 Å². The minimum absolute atomic E-state index is 0.0361. The molecule has 2 atom stereocenters. The lowest BCUT2D eigenvalue weighted by Crippen LogP contribution is -2.63. The van der Waals surface area contributed by atoms with Crippen molar-refractivity contribution in [3.8, 4) is 17.2 Å². The van der Waals surface area contributed by atoms with Gasteiger partial charge in [0, 0.05) is 31.2 Å². The summed E-state index contributed by atoms with van der Waals surface area (Å²) in [7, 11) is 0. The average Bonchev–Trinajstić information content (AvgIpc) is 3.43. The fraction of sp³-hybridized carbons (Fsp3) is 0.448. The van der Waals surface area contributed by atoms with Crippen molar-refractivity contribution >= 4 is 29.4 Å². The van der Waals surface area contributed by atoms with E-state index in [4.69, 9.17) is 14.2 Å². The molecule has 1 saturated carbocycles. The first-order valence-corrected chi connectivity index (χ1v) is 13.7. The van der Waals surface area contributed by atoms with Gasteiger partial charge in [0.05, 0.1) is 12.5 Å². The maximum absolute atomic E-state index is 13.5. The minimum Gasteiger partial charge on any atom is -0.494 e. The lowest BCUT2D eigenvalue weighted by Gasteiger charge is -2.46. The molecule has 1 aliphatic carbocycles. The first-order valence-electron chi connectivity index (χ1n) is 13.7. The highest BCUT2D eigenvalue weighted by atomic mass is 16.7. The van der Waals surface area contributed by atoms with E-state index in [2.05, 4.69) is 10.6 Å². The Morgan fingerprint density at radius 2 is 1.77 bits per heavy atom. The Kier molecular flexibility index (Phi) is 8.37. The zero-order valence-corrected chi connectivity index (χ0v) is 22.5. The van der Waals surface area contributed by atoms with Gasteiger partial charge in [0.25, 0.3) is 0 Å². The molecule has 0 bridgehead atoms. The molecular formula is C29H34N4O7. The molecular weight excluding hydrogens is 516 g/mol. The van der Waals surface area contributed by atoms with Crippen molar-refractivity contribution in [1.29, 1.82) is 0 Å². The predicted octanol–water partition coefficient (Wildman–Crippen LogP) is 3.28. The summed E-state index contributed by atoms with van der Waals surface area (Å²) >= 11 is 0. The highest BCUT2D eigenvalue weighted by molar-refractivity contribution is 6.01. The van der Waals surface area contributed by atoms with Crippen LogP contribution in [0.4, 0.5) is 10.5 Å². The van der Waals surface area contributed by atoms with E-state index >= 15 is 0 Å². The summed E-state index contributed by atoms with van der Waals surface area (Å²) in [5.74, 6) is 0.719. The van der Waals surface area contributed by atoms with Crippen molar-refractivity contribution in [2.24, 2.45) is 5.92 Å². The van der Waals surface area contributed by atoms with E-state index in [0.717, 1.165) is 23.3 Å². The van der Waals surface area contributed by atoms with Crippen LogP contribution in [0.1, 0.15) is 44.6 Å². The monoisotopic (exact) mass is 550 g/mol. The van der Waals surface area contributed by atoms with Gasteiger partial charge in [0.1, 0.15) is 12.3 Å². The van der Waals surface area contributed by atoms with E-state index in [-0.39, 0.29) is 62.5 Å². The molecule has 0 spiro atoms. The molecule has 3 aliphatic rings. The minimum atomic E-state index is -0.529. The van der Waals surface area contributed by atoms with Crippen LogP contribution in [0.25, 0.3) is 0 Å². The number of anilines is 1. The van der Waals surface area contributed by atoms with Gasteiger partial charge in [-0.3, -0.25) is 19.3 Å². The predicted molar refractivity (Wildman–Crippen MR) is 145 cm³/mol. The molecule has 2 heterocycles. The van der Waals surface area contributed by atoms with Gasteiger partial charge >= 0.3 is 6.03 Å². The summed E-state index contributed by atoms with van der Waals surface area (Å²) in [4.78, 5) is 54.9. The zero-order valence-electron chi connectivity index (χ0n) is 22.5. The van der Waals surface area contributed by atoms with Gasteiger partial charge in [0.15, 0.2) is 11.5 Å². The van der Waals surface area contributed by atoms with Crippen molar-refractivity contribution in [2.75, 3.05) is 31.8 Å². The molecule has 2 fully saturated rings. The van der Waals surface area contributed by atoms with Crippen LogP contribution in [0.3, 0.4) is 0 Å². The van der Waals surface area contributed by atoms with E-state index in [0.29, 0.717) is 42.4 Å². The Morgan fingerprint density at radius 1 is 1.00 bits per heavy atom. The third kappa shape index (κ3) is 6.13. The number of benzene rings is 2. The van der Waals surface area contributed by atoms with Crippen LogP contribution in [0, 0.1) is 5.92 Å². The summed E-state index contributed by atoms with van der Waals surface area (Å²) in [5.41, 5.74) is 1.43. The third-order valence-corrected chi connectivity index (χ3v) is 7.44. The number of ether oxygens (including phenoxy) is 3. The molecule has 2 N–H and O–H groups in total. The van der Waals surface area contributed by atoms with Crippen molar-refractivity contribution in [3.05, 3.63) is 48.0 Å². The molecule has 11 heteroatoms. The number of urea groups is 1. The van der Waals surface area contributed by atoms with Crippen LogP contribution in [-0.2, 0) is 20.9 Å². The smallest absolute Gasteiger partial charge is 0.327 e. The molecule has 40 heavy (non-hydrogen) atoms. The van der Waals surface area contributed by atoms with Crippen molar-refractivity contribution in [3.63, 3.8) is 0 Å². The number of rotatable bonds is 10. The SMILES string of the molecule is CCOc1ccc(NC(=O)CN2C(=O)N(CCC(=O)NCc3ccc4c(c3)OCO4)C(=O)C3CCCCC32)cc1. The molecule has 5 rings (SSSR count). The van der Waals surface area contributed by atoms with Gasteiger partial charge in [-0.25, -0.2) is 4.79 Å². The first kappa shape index (κ1) is 27.3. The number of hydrogen-bond acceptors (Lipinski definition) is 7. The molecule has 11 nitrogen and oxygen atoms in total. The molecule has 2 aromatic carbocycles. The number of nitrogens with one attached hydrogen (secondary N) is 2. The van der Waals surface area contributed by atoms with Crippen LogP contribution in [-0.4, -0.2) is 66.1 Å². The first-order chi connectivity index (χ1) is 19.4. The number of amides is 5. The topological polar surface area (TPSA) is 127 Å². The number of hydrogen-bond donors (Lipinski definition) is 2. The molecule has 1 saturated heterocycles. The Bertz CT molecular complexity index is 1270. The molecule has 0 radical (unpaired) electrons. The van der Waals surface area contributed by atoms with Crippen LogP contribution in [0.5, 0.6) is 17.2 Å². The van der Waals surface area contributed by atoms with Crippen LogP contribution < -0.4 is 24.8 Å².